The van der Waals surface area contributed by atoms with Gasteiger partial charge >= 0.3 is 8.56 Å². The molecule has 0 atom stereocenters. The highest BCUT2D eigenvalue weighted by atomic mass is 28.4. The molecular weight excluding hydrogens is 410 g/mol. The highest BCUT2D eigenvalue weighted by Crippen LogP contribution is 2.31. The molecule has 0 bridgehead atoms. The molecule has 0 spiro atoms. The van der Waals surface area contributed by atoms with Crippen molar-refractivity contribution in [2.45, 2.75) is 13.8 Å². The van der Waals surface area contributed by atoms with Gasteiger partial charge in [0.05, 0.1) is 11.0 Å². The molecular formula is C28H27NO2Si. The van der Waals surface area contributed by atoms with E-state index in [9.17, 15) is 0 Å². The van der Waals surface area contributed by atoms with Crippen LogP contribution in [0.4, 0.5) is 0 Å². The summed E-state index contributed by atoms with van der Waals surface area (Å²) in [5.74, 6) is 0. The van der Waals surface area contributed by atoms with Crippen LogP contribution in [0.3, 0.4) is 0 Å². The summed E-state index contributed by atoms with van der Waals surface area (Å²) in [6.07, 6.45) is 0. The van der Waals surface area contributed by atoms with E-state index >= 15 is 0 Å². The summed E-state index contributed by atoms with van der Waals surface area (Å²) in [6.45, 7) is 5.29. The Balaban J connectivity index is 1.67. The Morgan fingerprint density at radius 3 is 1.56 bits per heavy atom. The average molecular weight is 438 g/mol. The lowest BCUT2D eigenvalue weighted by molar-refractivity contribution is 0.208. The molecule has 32 heavy (non-hydrogen) atoms. The van der Waals surface area contributed by atoms with Crippen LogP contribution in [-0.4, -0.2) is 26.3 Å². The third-order valence-electron chi connectivity index (χ3n) is 5.93. The van der Waals surface area contributed by atoms with Crippen molar-refractivity contribution in [3.05, 3.63) is 103 Å². The molecule has 0 aliphatic heterocycles. The molecule has 0 unspecified atom stereocenters. The summed E-state index contributed by atoms with van der Waals surface area (Å²) < 4.78 is 15.2. The van der Waals surface area contributed by atoms with E-state index in [-0.39, 0.29) is 0 Å². The maximum atomic E-state index is 6.42. The molecule has 0 radical (unpaired) electrons. The van der Waals surface area contributed by atoms with E-state index in [0.29, 0.717) is 13.2 Å². The average Bonchev–Trinajstić information content (AvgIpc) is 3.19. The van der Waals surface area contributed by atoms with E-state index in [1.807, 2.05) is 19.9 Å². The summed E-state index contributed by atoms with van der Waals surface area (Å²) in [4.78, 5) is 0. The van der Waals surface area contributed by atoms with Gasteiger partial charge in [0, 0.05) is 29.7 Å². The van der Waals surface area contributed by atoms with Gasteiger partial charge < -0.3 is 13.4 Å². The number of fused-ring (bicyclic) bond motifs is 3. The predicted octanol–water partition coefficient (Wildman–Crippen LogP) is 5.41. The van der Waals surface area contributed by atoms with Crippen LogP contribution in [0.5, 0.6) is 0 Å². The van der Waals surface area contributed by atoms with E-state index in [0.717, 1.165) is 16.1 Å². The van der Waals surface area contributed by atoms with Gasteiger partial charge in [0.1, 0.15) is 0 Å². The molecule has 0 fully saturated rings. The second-order valence-electron chi connectivity index (χ2n) is 7.77. The highest BCUT2D eigenvalue weighted by Gasteiger charge is 2.42. The maximum absolute atomic E-state index is 6.42. The topological polar surface area (TPSA) is 23.4 Å². The Morgan fingerprint density at radius 2 is 1.03 bits per heavy atom. The first-order chi connectivity index (χ1) is 15.8. The maximum Gasteiger partial charge on any atom is 0.407 e. The van der Waals surface area contributed by atoms with E-state index in [1.54, 1.807) is 0 Å². The Bertz CT molecular complexity index is 1280. The molecule has 5 aromatic rings. The number of hydrogen-bond donors (Lipinski definition) is 0. The minimum atomic E-state index is -2.77. The Morgan fingerprint density at radius 1 is 0.562 bits per heavy atom. The fourth-order valence-corrected chi connectivity index (χ4v) is 7.77. The summed E-state index contributed by atoms with van der Waals surface area (Å²) in [6, 6.07) is 36.3. The van der Waals surface area contributed by atoms with Gasteiger partial charge in [-0.15, -0.1) is 0 Å². The minimum absolute atomic E-state index is 0.607. The Hall–Kier alpha value is -3.18. The third kappa shape index (κ3) is 3.37. The van der Waals surface area contributed by atoms with Crippen LogP contribution in [0.2, 0.25) is 0 Å². The van der Waals surface area contributed by atoms with Crippen LogP contribution in [0.15, 0.2) is 103 Å². The number of aromatic nitrogens is 1. The zero-order chi connectivity index (χ0) is 22.0. The molecule has 4 heteroatoms. The van der Waals surface area contributed by atoms with E-state index < -0.39 is 8.56 Å². The normalized spacial score (nSPS) is 11.9. The van der Waals surface area contributed by atoms with Crippen molar-refractivity contribution in [2.75, 3.05) is 13.2 Å². The largest absolute Gasteiger partial charge is 0.407 e. The molecule has 0 aliphatic carbocycles. The molecule has 0 saturated carbocycles. The second-order valence-corrected chi connectivity index (χ2v) is 10.7. The van der Waals surface area contributed by atoms with Gasteiger partial charge in [-0.05, 0) is 48.5 Å². The SMILES string of the molecule is CCO[Si](OCC)(c1ccccc1)c1ccc(-n2c3ccccc3c3ccccc32)cc1. The van der Waals surface area contributed by atoms with Gasteiger partial charge in [0.2, 0.25) is 0 Å². The number of hydrogen-bond acceptors (Lipinski definition) is 2. The van der Waals surface area contributed by atoms with Crippen molar-refractivity contribution >= 4 is 40.7 Å². The number of benzene rings is 4. The molecule has 0 amide bonds. The van der Waals surface area contributed by atoms with Crippen molar-refractivity contribution < 1.29 is 8.85 Å². The first kappa shape index (κ1) is 20.7. The number of para-hydroxylation sites is 2. The minimum Gasteiger partial charge on any atom is -0.388 e. The fourth-order valence-electron chi connectivity index (χ4n) is 4.64. The van der Waals surface area contributed by atoms with Gasteiger partial charge in [0.15, 0.2) is 0 Å². The van der Waals surface area contributed by atoms with Crippen LogP contribution >= 0.6 is 0 Å². The zero-order valence-corrected chi connectivity index (χ0v) is 19.5. The van der Waals surface area contributed by atoms with Gasteiger partial charge in [-0.1, -0.05) is 78.9 Å². The molecule has 1 aromatic heterocycles. The van der Waals surface area contributed by atoms with Crippen LogP contribution < -0.4 is 10.4 Å². The van der Waals surface area contributed by atoms with Crippen LogP contribution in [0, 0.1) is 0 Å². The smallest absolute Gasteiger partial charge is 0.388 e. The zero-order valence-electron chi connectivity index (χ0n) is 18.5. The summed E-state index contributed by atoms with van der Waals surface area (Å²) in [5, 5.41) is 4.79. The standard InChI is InChI=1S/C28H27NO2Si/c1-3-30-32(31-4-2,23-12-6-5-7-13-23)24-20-18-22(19-21-24)29-27-16-10-8-14-25(27)26-15-9-11-17-28(26)29/h5-21H,3-4H2,1-2H3. The fraction of sp³-hybridized carbons (Fsp3) is 0.143. The summed E-state index contributed by atoms with van der Waals surface area (Å²) in [5.41, 5.74) is 3.56. The third-order valence-corrected chi connectivity index (χ3v) is 9.51. The predicted molar refractivity (Wildman–Crippen MR) is 135 cm³/mol. The van der Waals surface area contributed by atoms with E-state index in [1.165, 1.54) is 21.8 Å². The van der Waals surface area contributed by atoms with Crippen molar-refractivity contribution in [3.8, 4) is 5.69 Å². The number of nitrogens with zero attached hydrogens (tertiary/aromatic N) is 1. The lowest BCUT2D eigenvalue weighted by atomic mass is 10.2. The van der Waals surface area contributed by atoms with Crippen LogP contribution in [0.25, 0.3) is 27.5 Å². The van der Waals surface area contributed by atoms with Crippen molar-refractivity contribution in [1.29, 1.82) is 0 Å². The van der Waals surface area contributed by atoms with Crippen LogP contribution in [-0.2, 0) is 8.85 Å². The van der Waals surface area contributed by atoms with E-state index in [4.69, 9.17) is 8.85 Å². The Labute approximate surface area is 190 Å². The summed E-state index contributed by atoms with van der Waals surface area (Å²) in [7, 11) is -2.77. The first-order valence-electron chi connectivity index (χ1n) is 11.2. The second kappa shape index (κ2) is 8.75. The van der Waals surface area contributed by atoms with E-state index in [2.05, 4.69) is 102 Å². The lowest BCUT2D eigenvalue weighted by Gasteiger charge is -2.30. The lowest BCUT2D eigenvalue weighted by Crippen LogP contribution is -2.63. The first-order valence-corrected chi connectivity index (χ1v) is 13.0. The Kier molecular flexibility index (Phi) is 5.66. The van der Waals surface area contributed by atoms with Gasteiger partial charge in [-0.25, -0.2) is 0 Å². The molecule has 3 nitrogen and oxygen atoms in total. The van der Waals surface area contributed by atoms with Crippen molar-refractivity contribution in [3.63, 3.8) is 0 Å². The molecule has 0 N–H and O–H groups in total. The molecule has 1 heterocycles. The summed E-state index contributed by atoms with van der Waals surface area (Å²) >= 11 is 0. The number of rotatable bonds is 7. The molecule has 4 aromatic carbocycles. The molecule has 0 aliphatic rings. The molecule has 160 valence electrons. The monoisotopic (exact) mass is 437 g/mol. The van der Waals surface area contributed by atoms with Crippen LogP contribution in [0.1, 0.15) is 13.8 Å². The highest BCUT2D eigenvalue weighted by molar-refractivity contribution is 6.92. The van der Waals surface area contributed by atoms with Gasteiger partial charge in [0.25, 0.3) is 0 Å². The van der Waals surface area contributed by atoms with Crippen molar-refractivity contribution in [1.82, 2.24) is 4.57 Å². The van der Waals surface area contributed by atoms with Gasteiger partial charge in [-0.3, -0.25) is 0 Å². The van der Waals surface area contributed by atoms with Crippen molar-refractivity contribution in [2.24, 2.45) is 0 Å². The molecule has 0 saturated heterocycles. The van der Waals surface area contributed by atoms with Gasteiger partial charge in [-0.2, -0.15) is 0 Å². The molecule has 5 rings (SSSR count). The quantitative estimate of drug-likeness (QED) is 0.318.